The van der Waals surface area contributed by atoms with Crippen LogP contribution in [0, 0.1) is 6.92 Å². The van der Waals surface area contributed by atoms with E-state index < -0.39 is 0 Å². The molecule has 2 heterocycles. The number of hydrogen-bond acceptors (Lipinski definition) is 5. The van der Waals surface area contributed by atoms with Crippen LogP contribution in [-0.2, 0) is 6.42 Å². The first-order valence-corrected chi connectivity index (χ1v) is 8.17. The van der Waals surface area contributed by atoms with Gasteiger partial charge in [0.1, 0.15) is 5.01 Å². The SMILES string of the molecule is Cc1nnc(SCC2Cc3ccccc3S2)s1. The molecule has 0 saturated carbocycles. The van der Waals surface area contributed by atoms with Crippen LogP contribution in [0.2, 0.25) is 0 Å². The molecule has 2 nitrogen and oxygen atoms in total. The summed E-state index contributed by atoms with van der Waals surface area (Å²) >= 11 is 5.52. The van der Waals surface area contributed by atoms with Crippen LogP contribution in [0.25, 0.3) is 0 Å². The molecule has 3 rings (SSSR count). The van der Waals surface area contributed by atoms with Crippen LogP contribution in [-0.4, -0.2) is 21.2 Å². The third-order valence-electron chi connectivity index (χ3n) is 2.61. The molecule has 0 saturated heterocycles. The number of aromatic nitrogens is 2. The highest BCUT2D eigenvalue weighted by atomic mass is 32.2. The fourth-order valence-electron chi connectivity index (χ4n) is 1.85. The van der Waals surface area contributed by atoms with Gasteiger partial charge in [-0.2, -0.15) is 0 Å². The van der Waals surface area contributed by atoms with Crippen molar-refractivity contribution >= 4 is 34.9 Å². The Morgan fingerprint density at radius 3 is 3.00 bits per heavy atom. The largest absolute Gasteiger partial charge is 0.174 e. The lowest BCUT2D eigenvalue weighted by molar-refractivity contribution is 0.958. The predicted molar refractivity (Wildman–Crippen MR) is 75.2 cm³/mol. The Bertz CT molecular complexity index is 499. The Balaban J connectivity index is 1.59. The Morgan fingerprint density at radius 2 is 2.24 bits per heavy atom. The summed E-state index contributed by atoms with van der Waals surface area (Å²) in [6, 6.07) is 8.71. The zero-order valence-electron chi connectivity index (χ0n) is 9.42. The van der Waals surface area contributed by atoms with Crippen LogP contribution < -0.4 is 0 Å². The smallest absolute Gasteiger partial charge is 0.143 e. The summed E-state index contributed by atoms with van der Waals surface area (Å²) in [5, 5.41) is 9.92. The molecule has 1 aliphatic heterocycles. The molecule has 0 radical (unpaired) electrons. The molecule has 1 aliphatic rings. The standard InChI is InChI=1S/C12H12N2S3/c1-8-13-14-12(16-8)15-7-10-6-9-4-2-3-5-11(9)17-10/h2-5,10H,6-7H2,1H3. The van der Waals surface area contributed by atoms with Crippen molar-refractivity contribution in [2.45, 2.75) is 27.8 Å². The van der Waals surface area contributed by atoms with E-state index in [1.807, 2.05) is 30.4 Å². The summed E-state index contributed by atoms with van der Waals surface area (Å²) in [6.07, 6.45) is 1.19. The van der Waals surface area contributed by atoms with Gasteiger partial charge in [-0.1, -0.05) is 41.3 Å². The van der Waals surface area contributed by atoms with Gasteiger partial charge in [0.05, 0.1) is 0 Å². The number of thioether (sulfide) groups is 2. The molecule has 0 aliphatic carbocycles. The zero-order valence-corrected chi connectivity index (χ0v) is 11.9. The fourth-order valence-corrected chi connectivity index (χ4v) is 5.17. The van der Waals surface area contributed by atoms with Crippen LogP contribution in [0.4, 0.5) is 0 Å². The molecular formula is C12H12N2S3. The first-order valence-electron chi connectivity index (χ1n) is 5.49. The molecule has 0 bridgehead atoms. The van der Waals surface area contributed by atoms with E-state index in [9.17, 15) is 0 Å². The van der Waals surface area contributed by atoms with Gasteiger partial charge in [0.15, 0.2) is 4.34 Å². The van der Waals surface area contributed by atoms with Crippen LogP contribution >= 0.6 is 34.9 Å². The minimum atomic E-state index is 0.682. The highest BCUT2D eigenvalue weighted by molar-refractivity contribution is 8.04. The molecule has 2 aromatic rings. The van der Waals surface area contributed by atoms with Gasteiger partial charge in [0.25, 0.3) is 0 Å². The van der Waals surface area contributed by atoms with Gasteiger partial charge in [-0.25, -0.2) is 0 Å². The second kappa shape index (κ2) is 5.00. The Kier molecular flexibility index (Phi) is 3.40. The molecule has 1 aromatic carbocycles. The monoisotopic (exact) mass is 280 g/mol. The lowest BCUT2D eigenvalue weighted by Gasteiger charge is -2.04. The van der Waals surface area contributed by atoms with E-state index in [0.717, 1.165) is 15.1 Å². The Hall–Kier alpha value is -0.520. The topological polar surface area (TPSA) is 25.8 Å². The third-order valence-corrected chi connectivity index (χ3v) is 6.28. The molecule has 1 aromatic heterocycles. The number of aryl methyl sites for hydroxylation is 1. The number of nitrogens with zero attached hydrogens (tertiary/aromatic N) is 2. The van der Waals surface area contributed by atoms with E-state index in [4.69, 9.17) is 0 Å². The van der Waals surface area contributed by atoms with E-state index in [0.29, 0.717) is 5.25 Å². The minimum Gasteiger partial charge on any atom is -0.143 e. The molecule has 1 atom stereocenters. The third kappa shape index (κ3) is 2.67. The number of rotatable bonds is 3. The average molecular weight is 280 g/mol. The minimum absolute atomic E-state index is 0.682. The maximum Gasteiger partial charge on any atom is 0.174 e. The van der Waals surface area contributed by atoms with Gasteiger partial charge in [0.2, 0.25) is 0 Å². The van der Waals surface area contributed by atoms with Crippen molar-refractivity contribution in [1.82, 2.24) is 10.2 Å². The van der Waals surface area contributed by atoms with Crippen LogP contribution in [0.1, 0.15) is 10.6 Å². The summed E-state index contributed by atoms with van der Waals surface area (Å²) in [5.41, 5.74) is 1.50. The number of hydrogen-bond donors (Lipinski definition) is 0. The van der Waals surface area contributed by atoms with Gasteiger partial charge in [-0.3, -0.25) is 0 Å². The van der Waals surface area contributed by atoms with Crippen LogP contribution in [0.5, 0.6) is 0 Å². The van der Waals surface area contributed by atoms with E-state index in [1.165, 1.54) is 16.9 Å². The van der Waals surface area contributed by atoms with E-state index >= 15 is 0 Å². The first-order chi connectivity index (χ1) is 8.31. The quantitative estimate of drug-likeness (QED) is 0.801. The van der Waals surface area contributed by atoms with E-state index in [-0.39, 0.29) is 0 Å². The van der Waals surface area contributed by atoms with Crippen molar-refractivity contribution < 1.29 is 0 Å². The van der Waals surface area contributed by atoms with Crippen molar-refractivity contribution in [3.8, 4) is 0 Å². The maximum atomic E-state index is 4.15. The molecule has 0 fully saturated rings. The molecule has 0 amide bonds. The van der Waals surface area contributed by atoms with Crippen molar-refractivity contribution in [3.05, 3.63) is 34.8 Å². The Morgan fingerprint density at radius 1 is 1.35 bits per heavy atom. The van der Waals surface area contributed by atoms with Crippen molar-refractivity contribution in [2.24, 2.45) is 0 Å². The maximum absolute atomic E-state index is 4.15. The Labute approximate surface area is 113 Å². The van der Waals surface area contributed by atoms with Gasteiger partial charge >= 0.3 is 0 Å². The molecule has 5 heteroatoms. The zero-order chi connectivity index (χ0) is 11.7. The first kappa shape index (κ1) is 11.6. The van der Waals surface area contributed by atoms with Gasteiger partial charge in [0, 0.05) is 15.9 Å². The van der Waals surface area contributed by atoms with Gasteiger partial charge < -0.3 is 0 Å². The second-order valence-corrected chi connectivity index (χ2v) is 7.74. The second-order valence-electron chi connectivity index (χ2n) is 3.95. The normalized spacial score (nSPS) is 18.3. The number of fused-ring (bicyclic) bond motifs is 1. The highest BCUT2D eigenvalue weighted by Gasteiger charge is 2.22. The molecule has 1 unspecified atom stereocenters. The summed E-state index contributed by atoms with van der Waals surface area (Å²) in [7, 11) is 0. The average Bonchev–Trinajstić information content (AvgIpc) is 2.91. The lowest BCUT2D eigenvalue weighted by Crippen LogP contribution is -2.03. The molecular weight excluding hydrogens is 268 g/mol. The molecule has 0 N–H and O–H groups in total. The summed E-state index contributed by atoms with van der Waals surface area (Å²) in [6.45, 7) is 2.00. The molecule has 17 heavy (non-hydrogen) atoms. The van der Waals surface area contributed by atoms with Gasteiger partial charge in [-0.15, -0.1) is 22.0 Å². The highest BCUT2D eigenvalue weighted by Crippen LogP contribution is 2.39. The van der Waals surface area contributed by atoms with Crippen molar-refractivity contribution in [1.29, 1.82) is 0 Å². The predicted octanol–water partition coefficient (Wildman–Crippen LogP) is 3.66. The number of benzene rings is 1. The summed E-state index contributed by atoms with van der Waals surface area (Å²) < 4.78 is 1.10. The van der Waals surface area contributed by atoms with E-state index in [1.54, 1.807) is 11.3 Å². The van der Waals surface area contributed by atoms with Crippen LogP contribution in [0.3, 0.4) is 0 Å². The van der Waals surface area contributed by atoms with Gasteiger partial charge in [-0.05, 0) is 25.0 Å². The lowest BCUT2D eigenvalue weighted by atomic mass is 10.1. The summed E-state index contributed by atoms with van der Waals surface area (Å²) in [5.74, 6) is 1.12. The molecule has 0 spiro atoms. The summed E-state index contributed by atoms with van der Waals surface area (Å²) in [4.78, 5) is 1.45. The fraction of sp³-hybridized carbons (Fsp3) is 0.333. The van der Waals surface area contributed by atoms with Crippen molar-refractivity contribution in [3.63, 3.8) is 0 Å². The van der Waals surface area contributed by atoms with Crippen LogP contribution in [0.15, 0.2) is 33.5 Å². The van der Waals surface area contributed by atoms with E-state index in [2.05, 4.69) is 34.5 Å². The van der Waals surface area contributed by atoms with Crippen molar-refractivity contribution in [2.75, 3.05) is 5.75 Å². The molecule has 88 valence electrons.